The fourth-order valence-corrected chi connectivity index (χ4v) is 2.24. The number of alkyl halides is 3. The van der Waals surface area contributed by atoms with E-state index in [4.69, 9.17) is 0 Å². The second-order valence-electron chi connectivity index (χ2n) is 4.10. The maximum Gasteiger partial charge on any atom is 0.573 e. The maximum absolute atomic E-state index is 12.1. The molecule has 0 unspecified atom stereocenters. The summed E-state index contributed by atoms with van der Waals surface area (Å²) in [6, 6.07) is 8.65. The number of thioether (sulfide) groups is 1. The lowest BCUT2D eigenvalue weighted by molar-refractivity contribution is -0.274. The Morgan fingerprint density at radius 2 is 1.95 bits per heavy atom. The lowest BCUT2D eigenvalue weighted by Gasteiger charge is -2.10. The van der Waals surface area contributed by atoms with E-state index in [0.29, 0.717) is 0 Å². The third-order valence-corrected chi connectivity index (χ3v) is 3.38. The van der Waals surface area contributed by atoms with Crippen LogP contribution in [0.5, 0.6) is 5.75 Å². The molecule has 1 amide bonds. The summed E-state index contributed by atoms with van der Waals surface area (Å²) in [5.74, 6) is -0.577. The number of rotatable bonds is 5. The van der Waals surface area contributed by atoms with Gasteiger partial charge in [0, 0.05) is 29.0 Å². The fraction of sp³-hybridized carbons (Fsp3) is 0.143. The van der Waals surface area contributed by atoms with Crippen LogP contribution in [0.25, 0.3) is 0 Å². The summed E-state index contributed by atoms with van der Waals surface area (Å²) >= 11 is 1.30. The van der Waals surface area contributed by atoms with E-state index < -0.39 is 6.36 Å². The number of ether oxygens (including phenoxy) is 1. The van der Waals surface area contributed by atoms with Gasteiger partial charge < -0.3 is 10.1 Å². The first-order valence-corrected chi connectivity index (χ1v) is 7.09. The molecule has 4 nitrogen and oxygen atoms in total. The molecule has 2 aromatic rings. The van der Waals surface area contributed by atoms with Crippen LogP contribution in [0.4, 0.5) is 18.9 Å². The highest BCUT2D eigenvalue weighted by Crippen LogP contribution is 2.25. The molecule has 0 saturated heterocycles. The molecular weight excluding hydrogens is 317 g/mol. The van der Waals surface area contributed by atoms with Gasteiger partial charge in [-0.3, -0.25) is 9.78 Å². The van der Waals surface area contributed by atoms with Crippen LogP contribution in [-0.2, 0) is 4.79 Å². The molecule has 0 fully saturated rings. The molecular formula is C14H11F3N2O2S. The molecule has 1 aromatic carbocycles. The first-order chi connectivity index (χ1) is 10.4. The van der Waals surface area contributed by atoms with Gasteiger partial charge in [0.1, 0.15) is 5.75 Å². The Labute approximate surface area is 128 Å². The minimum atomic E-state index is -4.76. The van der Waals surface area contributed by atoms with Crippen molar-refractivity contribution < 1.29 is 22.7 Å². The molecule has 0 aliphatic carbocycles. The molecule has 1 aromatic heterocycles. The predicted molar refractivity (Wildman–Crippen MR) is 76.7 cm³/mol. The lowest BCUT2D eigenvalue weighted by atomic mass is 10.3. The van der Waals surface area contributed by atoms with Gasteiger partial charge in [0.2, 0.25) is 5.91 Å². The number of halogens is 3. The number of benzene rings is 1. The van der Waals surface area contributed by atoms with Gasteiger partial charge in [-0.1, -0.05) is 6.07 Å². The smallest absolute Gasteiger partial charge is 0.406 e. The molecule has 0 spiro atoms. The van der Waals surface area contributed by atoms with Crippen LogP contribution in [0.2, 0.25) is 0 Å². The van der Waals surface area contributed by atoms with Crippen molar-refractivity contribution in [1.82, 2.24) is 4.98 Å². The van der Waals surface area contributed by atoms with Crippen molar-refractivity contribution in [3.05, 3.63) is 48.8 Å². The zero-order valence-corrected chi connectivity index (χ0v) is 11.9. The van der Waals surface area contributed by atoms with Gasteiger partial charge in [0.25, 0.3) is 0 Å². The number of hydrogen-bond donors (Lipinski definition) is 1. The number of nitrogens with zero attached hydrogens (tertiary/aromatic N) is 1. The minimum Gasteiger partial charge on any atom is -0.406 e. The molecule has 116 valence electrons. The van der Waals surface area contributed by atoms with Crippen molar-refractivity contribution >= 4 is 23.4 Å². The van der Waals surface area contributed by atoms with Crippen LogP contribution in [0, 0.1) is 0 Å². The summed E-state index contributed by atoms with van der Waals surface area (Å²) in [5.41, 5.74) is 0.238. The average Bonchev–Trinajstić information content (AvgIpc) is 2.45. The van der Waals surface area contributed by atoms with Crippen LogP contribution in [0.15, 0.2) is 53.7 Å². The fourth-order valence-electron chi connectivity index (χ4n) is 1.55. The third-order valence-electron chi connectivity index (χ3n) is 2.37. The number of pyridine rings is 1. The van der Waals surface area contributed by atoms with E-state index in [0.717, 1.165) is 17.0 Å². The van der Waals surface area contributed by atoms with Crippen LogP contribution >= 0.6 is 11.8 Å². The highest BCUT2D eigenvalue weighted by molar-refractivity contribution is 8.00. The molecule has 0 saturated carbocycles. The van der Waals surface area contributed by atoms with Gasteiger partial charge in [0.15, 0.2) is 0 Å². The zero-order chi connectivity index (χ0) is 16.0. The first kappa shape index (κ1) is 16.2. The van der Waals surface area contributed by atoms with Crippen molar-refractivity contribution in [2.75, 3.05) is 11.1 Å². The second-order valence-corrected chi connectivity index (χ2v) is 5.14. The Kier molecular flexibility index (Phi) is 5.26. The van der Waals surface area contributed by atoms with Crippen LogP contribution in [0.1, 0.15) is 0 Å². The number of amides is 1. The lowest BCUT2D eigenvalue weighted by Crippen LogP contribution is -2.18. The molecule has 8 heteroatoms. The van der Waals surface area contributed by atoms with Crippen LogP contribution < -0.4 is 10.1 Å². The van der Waals surface area contributed by atoms with Crippen molar-refractivity contribution in [1.29, 1.82) is 0 Å². The quantitative estimate of drug-likeness (QED) is 0.850. The van der Waals surface area contributed by atoms with Crippen molar-refractivity contribution in [3.8, 4) is 5.75 Å². The molecule has 2 rings (SSSR count). The number of aromatic nitrogens is 1. The molecule has 1 heterocycles. The number of carbonyl (C=O) groups is 1. The molecule has 0 atom stereocenters. The Hall–Kier alpha value is -2.22. The van der Waals surface area contributed by atoms with E-state index in [9.17, 15) is 18.0 Å². The van der Waals surface area contributed by atoms with Crippen LogP contribution in [-0.4, -0.2) is 23.0 Å². The van der Waals surface area contributed by atoms with Crippen LogP contribution in [0.3, 0.4) is 0 Å². The monoisotopic (exact) mass is 328 g/mol. The molecule has 0 aliphatic rings. The first-order valence-electron chi connectivity index (χ1n) is 6.11. The summed E-state index contributed by atoms with van der Waals surface area (Å²) in [6.45, 7) is 0. The van der Waals surface area contributed by atoms with Gasteiger partial charge in [-0.2, -0.15) is 0 Å². The molecule has 22 heavy (non-hydrogen) atoms. The number of anilines is 1. The Morgan fingerprint density at radius 3 is 2.64 bits per heavy atom. The van der Waals surface area contributed by atoms with E-state index >= 15 is 0 Å². The van der Waals surface area contributed by atoms with Crippen molar-refractivity contribution in [3.63, 3.8) is 0 Å². The Morgan fingerprint density at radius 1 is 1.23 bits per heavy atom. The maximum atomic E-state index is 12.1. The highest BCUT2D eigenvalue weighted by Gasteiger charge is 2.31. The standard InChI is InChI=1S/C14H11F3N2O2S/c15-14(16,17)21-11-3-1-2-10(8-11)19-13(20)9-22-12-4-6-18-7-5-12/h1-8H,9H2,(H,19,20). The van der Waals surface area contributed by atoms with Gasteiger partial charge in [-0.25, -0.2) is 0 Å². The van der Waals surface area contributed by atoms with Gasteiger partial charge in [-0.15, -0.1) is 24.9 Å². The summed E-state index contributed by atoms with van der Waals surface area (Å²) in [4.78, 5) is 16.5. The molecule has 0 aliphatic heterocycles. The second kappa shape index (κ2) is 7.17. The van der Waals surface area contributed by atoms with Crippen molar-refractivity contribution in [2.45, 2.75) is 11.3 Å². The van der Waals surface area contributed by atoms with E-state index in [1.165, 1.54) is 23.9 Å². The largest absolute Gasteiger partial charge is 0.573 e. The van der Waals surface area contributed by atoms with Gasteiger partial charge >= 0.3 is 6.36 Å². The van der Waals surface area contributed by atoms with E-state index in [1.807, 2.05) is 0 Å². The Balaban J connectivity index is 1.90. The third kappa shape index (κ3) is 5.65. The summed E-state index contributed by atoms with van der Waals surface area (Å²) < 4.78 is 40.2. The van der Waals surface area contributed by atoms with Gasteiger partial charge in [-0.05, 0) is 24.3 Å². The van der Waals surface area contributed by atoms with E-state index in [2.05, 4.69) is 15.0 Å². The predicted octanol–water partition coefficient (Wildman–Crippen LogP) is 3.71. The number of nitrogens with one attached hydrogen (secondary N) is 1. The summed E-state index contributed by atoms with van der Waals surface area (Å²) in [5, 5.41) is 2.52. The SMILES string of the molecule is O=C(CSc1ccncc1)Nc1cccc(OC(F)(F)F)c1. The van der Waals surface area contributed by atoms with E-state index in [-0.39, 0.29) is 23.1 Å². The Bertz CT molecular complexity index is 635. The van der Waals surface area contributed by atoms with E-state index in [1.54, 1.807) is 24.5 Å². The zero-order valence-electron chi connectivity index (χ0n) is 11.1. The number of hydrogen-bond acceptors (Lipinski definition) is 4. The molecule has 0 radical (unpaired) electrons. The number of carbonyl (C=O) groups excluding carboxylic acids is 1. The molecule has 0 bridgehead atoms. The molecule has 1 N–H and O–H groups in total. The average molecular weight is 328 g/mol. The minimum absolute atomic E-state index is 0.133. The highest BCUT2D eigenvalue weighted by atomic mass is 32.2. The van der Waals surface area contributed by atoms with Gasteiger partial charge in [0.05, 0.1) is 5.75 Å². The van der Waals surface area contributed by atoms with Crippen molar-refractivity contribution in [2.24, 2.45) is 0 Å². The summed E-state index contributed by atoms with van der Waals surface area (Å²) in [6.07, 6.45) is -1.55. The summed E-state index contributed by atoms with van der Waals surface area (Å²) in [7, 11) is 0. The topological polar surface area (TPSA) is 51.2 Å². The normalized spacial score (nSPS) is 11.0.